The van der Waals surface area contributed by atoms with Gasteiger partial charge in [-0.15, -0.1) is 0 Å². The quantitative estimate of drug-likeness (QED) is 0.818. The number of nitrogen functional groups attached to an aromatic ring is 1. The van der Waals surface area contributed by atoms with E-state index in [0.29, 0.717) is 24.1 Å². The van der Waals surface area contributed by atoms with Crippen LogP contribution in [0.1, 0.15) is 30.1 Å². The fourth-order valence-electron chi connectivity index (χ4n) is 1.85. The van der Waals surface area contributed by atoms with Crippen LogP contribution in [0.5, 0.6) is 5.88 Å². The Balaban J connectivity index is 1.72. The summed E-state index contributed by atoms with van der Waals surface area (Å²) in [4.78, 5) is 18.6. The van der Waals surface area contributed by atoms with Gasteiger partial charge < -0.3 is 15.5 Å². The van der Waals surface area contributed by atoms with Crippen molar-refractivity contribution in [2.45, 2.75) is 25.4 Å². The van der Waals surface area contributed by atoms with Crippen molar-refractivity contribution in [2.75, 3.05) is 5.73 Å². The van der Waals surface area contributed by atoms with Crippen LogP contribution in [0, 0.1) is 0 Å². The molecule has 0 radical (unpaired) electrons. The molecule has 1 saturated carbocycles. The first-order valence-electron chi connectivity index (χ1n) is 6.29. The molecule has 1 fully saturated rings. The summed E-state index contributed by atoms with van der Waals surface area (Å²) in [6, 6.07) is 8.80. The second-order valence-corrected chi connectivity index (χ2v) is 4.77. The smallest absolute Gasteiger partial charge is 0.254 e. The number of hydrogen-bond acceptors (Lipinski definition) is 4. The van der Waals surface area contributed by atoms with Gasteiger partial charge in [0.25, 0.3) is 5.56 Å². The number of nitrogens with zero attached hydrogens (tertiary/aromatic N) is 1. The molecule has 1 heterocycles. The van der Waals surface area contributed by atoms with E-state index in [1.165, 1.54) is 6.07 Å². The van der Waals surface area contributed by atoms with E-state index in [1.54, 1.807) is 0 Å². The Labute approximate surface area is 110 Å². The van der Waals surface area contributed by atoms with Crippen LogP contribution in [-0.2, 0) is 6.61 Å². The topological polar surface area (TPSA) is 81.0 Å². The number of rotatable bonds is 4. The maximum atomic E-state index is 11.5. The first-order valence-corrected chi connectivity index (χ1v) is 6.29. The van der Waals surface area contributed by atoms with Crippen LogP contribution in [0.4, 0.5) is 5.69 Å². The molecule has 0 amide bonds. The predicted octanol–water partition coefficient (Wildman–Crippen LogP) is 1.81. The van der Waals surface area contributed by atoms with Crippen LogP contribution in [0.3, 0.4) is 0 Å². The molecule has 0 spiro atoms. The molecule has 5 heteroatoms. The Morgan fingerprint density at radius 1 is 1.32 bits per heavy atom. The third-order valence-electron chi connectivity index (χ3n) is 3.07. The van der Waals surface area contributed by atoms with Gasteiger partial charge in [-0.05, 0) is 30.5 Å². The van der Waals surface area contributed by atoms with Gasteiger partial charge in [-0.25, -0.2) is 0 Å². The van der Waals surface area contributed by atoms with Crippen molar-refractivity contribution in [3.05, 3.63) is 52.1 Å². The van der Waals surface area contributed by atoms with E-state index in [4.69, 9.17) is 10.5 Å². The molecule has 98 valence electrons. The third kappa shape index (κ3) is 2.93. The van der Waals surface area contributed by atoms with E-state index in [2.05, 4.69) is 9.97 Å². The van der Waals surface area contributed by atoms with E-state index < -0.39 is 0 Å². The van der Waals surface area contributed by atoms with Gasteiger partial charge in [0.1, 0.15) is 12.4 Å². The minimum atomic E-state index is -0.163. The van der Waals surface area contributed by atoms with Crippen molar-refractivity contribution in [3.63, 3.8) is 0 Å². The summed E-state index contributed by atoms with van der Waals surface area (Å²) in [6.07, 6.45) is 2.18. The molecule has 1 aliphatic rings. The number of anilines is 1. The van der Waals surface area contributed by atoms with Crippen molar-refractivity contribution >= 4 is 5.69 Å². The number of aromatic amines is 1. The molecule has 1 aliphatic carbocycles. The Bertz CT molecular complexity index is 630. The maximum absolute atomic E-state index is 11.5. The summed E-state index contributed by atoms with van der Waals surface area (Å²) in [5, 5.41) is 0. The second kappa shape index (κ2) is 4.76. The first-order chi connectivity index (χ1) is 9.20. The highest BCUT2D eigenvalue weighted by atomic mass is 16.5. The summed E-state index contributed by atoms with van der Waals surface area (Å²) in [5.41, 5.74) is 7.16. The normalized spacial score (nSPS) is 14.3. The predicted molar refractivity (Wildman–Crippen MR) is 72.0 cm³/mol. The molecule has 2 aromatic rings. The highest BCUT2D eigenvalue weighted by Crippen LogP contribution is 2.37. The number of benzene rings is 1. The van der Waals surface area contributed by atoms with E-state index >= 15 is 0 Å². The molecule has 0 atom stereocenters. The van der Waals surface area contributed by atoms with E-state index in [9.17, 15) is 4.79 Å². The Kier molecular flexibility index (Phi) is 2.95. The van der Waals surface area contributed by atoms with Gasteiger partial charge >= 0.3 is 0 Å². The molecular formula is C14H15N3O2. The third-order valence-corrected chi connectivity index (χ3v) is 3.07. The fraction of sp³-hybridized carbons (Fsp3) is 0.286. The standard InChI is InChI=1S/C14H15N3O2/c15-11-5-1-9(2-6-11)8-19-13-7-12(18)16-14(17-13)10-3-4-10/h1-2,5-7,10H,3-4,8,15H2,(H,16,17,18). The molecule has 0 bridgehead atoms. The number of nitrogens with two attached hydrogens (primary N) is 1. The molecule has 0 aliphatic heterocycles. The molecule has 1 aromatic carbocycles. The van der Waals surface area contributed by atoms with Gasteiger partial charge in [0.05, 0.1) is 6.07 Å². The highest BCUT2D eigenvalue weighted by Gasteiger charge is 2.26. The summed E-state index contributed by atoms with van der Waals surface area (Å²) in [5.74, 6) is 1.51. The van der Waals surface area contributed by atoms with E-state index in [0.717, 1.165) is 24.2 Å². The summed E-state index contributed by atoms with van der Waals surface area (Å²) < 4.78 is 5.56. The molecule has 5 nitrogen and oxygen atoms in total. The summed E-state index contributed by atoms with van der Waals surface area (Å²) in [6.45, 7) is 0.376. The molecule has 0 unspecified atom stereocenters. The number of nitrogens with one attached hydrogen (secondary N) is 1. The van der Waals surface area contributed by atoms with Crippen molar-refractivity contribution < 1.29 is 4.74 Å². The van der Waals surface area contributed by atoms with E-state index in [1.807, 2.05) is 24.3 Å². The number of aromatic nitrogens is 2. The van der Waals surface area contributed by atoms with Crippen LogP contribution in [0.15, 0.2) is 35.1 Å². The lowest BCUT2D eigenvalue weighted by molar-refractivity contribution is 0.291. The van der Waals surface area contributed by atoms with Gasteiger partial charge in [0.2, 0.25) is 5.88 Å². The van der Waals surface area contributed by atoms with Crippen LogP contribution in [0.2, 0.25) is 0 Å². The van der Waals surface area contributed by atoms with Crippen molar-refractivity contribution in [3.8, 4) is 5.88 Å². The van der Waals surface area contributed by atoms with Gasteiger partial charge in [0, 0.05) is 11.6 Å². The largest absolute Gasteiger partial charge is 0.473 e. The lowest BCUT2D eigenvalue weighted by atomic mass is 10.2. The molecule has 19 heavy (non-hydrogen) atoms. The van der Waals surface area contributed by atoms with Crippen LogP contribution in [0.25, 0.3) is 0 Å². The van der Waals surface area contributed by atoms with Gasteiger partial charge in [-0.2, -0.15) is 4.98 Å². The van der Waals surface area contributed by atoms with Gasteiger partial charge in [-0.3, -0.25) is 4.79 Å². The zero-order chi connectivity index (χ0) is 13.2. The van der Waals surface area contributed by atoms with E-state index in [-0.39, 0.29) is 5.56 Å². The minimum absolute atomic E-state index is 0.163. The molecule has 3 N–H and O–H groups in total. The zero-order valence-electron chi connectivity index (χ0n) is 10.4. The van der Waals surface area contributed by atoms with Gasteiger partial charge in [-0.1, -0.05) is 12.1 Å². The van der Waals surface area contributed by atoms with Crippen molar-refractivity contribution in [1.82, 2.24) is 9.97 Å². The molecule has 0 saturated heterocycles. The monoisotopic (exact) mass is 257 g/mol. The second-order valence-electron chi connectivity index (χ2n) is 4.77. The minimum Gasteiger partial charge on any atom is -0.473 e. The average Bonchev–Trinajstić information content (AvgIpc) is 3.22. The molecule has 1 aromatic heterocycles. The SMILES string of the molecule is Nc1ccc(COc2cc(=O)[nH]c(C3CC3)n2)cc1. The highest BCUT2D eigenvalue weighted by molar-refractivity contribution is 5.39. The lowest BCUT2D eigenvalue weighted by Gasteiger charge is -2.06. The molecular weight excluding hydrogens is 242 g/mol. The maximum Gasteiger partial charge on any atom is 0.254 e. The van der Waals surface area contributed by atoms with Crippen LogP contribution < -0.4 is 16.0 Å². The number of hydrogen-bond donors (Lipinski definition) is 2. The first kappa shape index (κ1) is 11.8. The summed E-state index contributed by atoms with van der Waals surface area (Å²) >= 11 is 0. The van der Waals surface area contributed by atoms with Crippen molar-refractivity contribution in [1.29, 1.82) is 0 Å². The number of ether oxygens (including phenoxy) is 1. The van der Waals surface area contributed by atoms with Gasteiger partial charge in [0.15, 0.2) is 0 Å². The Hall–Kier alpha value is -2.30. The van der Waals surface area contributed by atoms with Crippen LogP contribution >= 0.6 is 0 Å². The van der Waals surface area contributed by atoms with Crippen molar-refractivity contribution in [2.24, 2.45) is 0 Å². The summed E-state index contributed by atoms with van der Waals surface area (Å²) in [7, 11) is 0. The lowest BCUT2D eigenvalue weighted by Crippen LogP contribution is -2.11. The molecule has 3 rings (SSSR count). The Morgan fingerprint density at radius 2 is 2.05 bits per heavy atom. The Morgan fingerprint density at radius 3 is 2.74 bits per heavy atom. The van der Waals surface area contributed by atoms with Crippen LogP contribution in [-0.4, -0.2) is 9.97 Å². The fourth-order valence-corrected chi connectivity index (χ4v) is 1.85. The average molecular weight is 257 g/mol. The number of H-pyrrole nitrogens is 1. The zero-order valence-corrected chi connectivity index (χ0v) is 10.4.